The van der Waals surface area contributed by atoms with Gasteiger partial charge in [0.2, 0.25) is 5.91 Å². The van der Waals surface area contributed by atoms with Crippen LogP contribution >= 0.6 is 0 Å². The lowest BCUT2D eigenvalue weighted by molar-refractivity contribution is -0.142. The van der Waals surface area contributed by atoms with Crippen LogP contribution in [-0.4, -0.2) is 48.4 Å². The number of carbonyl (C=O) groups is 3. The maximum absolute atomic E-state index is 13.0. The largest absolute Gasteiger partial charge is 0.452 e. The molecule has 0 saturated heterocycles. The number of anilines is 2. The summed E-state index contributed by atoms with van der Waals surface area (Å²) in [4.78, 5) is 38.8. The second-order valence-electron chi connectivity index (χ2n) is 7.58. The highest BCUT2D eigenvalue weighted by molar-refractivity contribution is 5.98. The molecule has 0 aliphatic rings. The topological polar surface area (TPSA) is 87.7 Å². The summed E-state index contributed by atoms with van der Waals surface area (Å²) in [5.41, 5.74) is 0.621. The summed E-state index contributed by atoms with van der Waals surface area (Å²) in [6, 6.07) is 12.1. The Morgan fingerprint density at radius 3 is 2.27 bits per heavy atom. The van der Waals surface area contributed by atoms with Gasteiger partial charge in [0.1, 0.15) is 12.4 Å². The SMILES string of the molecule is CNc1ccccc1C(=O)OCC(=O)N(CC(=O)Nc1ccc(F)cc1)C(C)(C)C. The molecule has 0 bridgehead atoms. The van der Waals surface area contributed by atoms with E-state index in [2.05, 4.69) is 10.6 Å². The van der Waals surface area contributed by atoms with Crippen LogP contribution in [0.2, 0.25) is 0 Å². The molecule has 0 aromatic heterocycles. The van der Waals surface area contributed by atoms with Gasteiger partial charge in [-0.15, -0.1) is 0 Å². The fourth-order valence-electron chi connectivity index (χ4n) is 2.74. The first-order valence-corrected chi connectivity index (χ1v) is 9.41. The monoisotopic (exact) mass is 415 g/mol. The van der Waals surface area contributed by atoms with Gasteiger partial charge in [0, 0.05) is 24.0 Å². The summed E-state index contributed by atoms with van der Waals surface area (Å²) < 4.78 is 18.2. The van der Waals surface area contributed by atoms with E-state index in [4.69, 9.17) is 4.74 Å². The van der Waals surface area contributed by atoms with Crippen molar-refractivity contribution >= 4 is 29.2 Å². The van der Waals surface area contributed by atoms with E-state index in [0.717, 1.165) is 0 Å². The minimum atomic E-state index is -0.688. The molecule has 2 N–H and O–H groups in total. The summed E-state index contributed by atoms with van der Waals surface area (Å²) in [7, 11) is 1.68. The van der Waals surface area contributed by atoms with Crippen molar-refractivity contribution in [1.82, 2.24) is 4.90 Å². The van der Waals surface area contributed by atoms with Crippen LogP contribution in [0.4, 0.5) is 15.8 Å². The van der Waals surface area contributed by atoms with Gasteiger partial charge in [-0.3, -0.25) is 9.59 Å². The molecule has 0 unspecified atom stereocenters. The normalized spacial score (nSPS) is 10.8. The van der Waals surface area contributed by atoms with E-state index in [1.807, 2.05) is 0 Å². The minimum Gasteiger partial charge on any atom is -0.452 e. The third-order valence-corrected chi connectivity index (χ3v) is 4.28. The number of nitrogens with one attached hydrogen (secondary N) is 2. The number of hydrogen-bond acceptors (Lipinski definition) is 5. The molecule has 7 nitrogen and oxygen atoms in total. The Morgan fingerprint density at radius 1 is 1.03 bits per heavy atom. The van der Waals surface area contributed by atoms with Crippen molar-refractivity contribution in [3.63, 3.8) is 0 Å². The summed E-state index contributed by atoms with van der Waals surface area (Å²) in [5.74, 6) is -2.01. The van der Waals surface area contributed by atoms with Crippen LogP contribution in [0.25, 0.3) is 0 Å². The molecule has 0 aliphatic heterocycles. The molecular weight excluding hydrogens is 389 g/mol. The average Bonchev–Trinajstić information content (AvgIpc) is 2.70. The zero-order chi connectivity index (χ0) is 22.3. The van der Waals surface area contributed by atoms with Gasteiger partial charge in [0.05, 0.1) is 5.56 Å². The van der Waals surface area contributed by atoms with Gasteiger partial charge in [0.25, 0.3) is 5.91 Å². The summed E-state index contributed by atoms with van der Waals surface area (Å²) in [6.45, 7) is 4.57. The van der Waals surface area contributed by atoms with Gasteiger partial charge >= 0.3 is 5.97 Å². The Morgan fingerprint density at radius 2 is 1.67 bits per heavy atom. The second kappa shape index (κ2) is 9.87. The number of halogens is 1. The van der Waals surface area contributed by atoms with Gasteiger partial charge < -0.3 is 20.3 Å². The maximum Gasteiger partial charge on any atom is 0.340 e. The van der Waals surface area contributed by atoms with Gasteiger partial charge in [-0.2, -0.15) is 0 Å². The van der Waals surface area contributed by atoms with Crippen LogP contribution in [0.5, 0.6) is 0 Å². The molecule has 0 heterocycles. The van der Waals surface area contributed by atoms with Crippen molar-refractivity contribution in [2.24, 2.45) is 0 Å². The molecule has 2 amide bonds. The Kier molecular flexibility index (Phi) is 7.52. The number of amides is 2. The predicted molar refractivity (Wildman–Crippen MR) is 113 cm³/mol. The first-order valence-electron chi connectivity index (χ1n) is 9.41. The van der Waals surface area contributed by atoms with E-state index in [1.54, 1.807) is 52.1 Å². The van der Waals surface area contributed by atoms with Gasteiger partial charge in [-0.05, 0) is 57.2 Å². The molecule has 160 valence electrons. The first-order chi connectivity index (χ1) is 14.1. The van der Waals surface area contributed by atoms with Crippen molar-refractivity contribution in [2.75, 3.05) is 30.8 Å². The fourth-order valence-corrected chi connectivity index (χ4v) is 2.74. The van der Waals surface area contributed by atoms with E-state index in [9.17, 15) is 18.8 Å². The Hall–Kier alpha value is -3.42. The number of benzene rings is 2. The van der Waals surface area contributed by atoms with E-state index < -0.39 is 35.7 Å². The smallest absolute Gasteiger partial charge is 0.340 e. The van der Waals surface area contributed by atoms with Crippen molar-refractivity contribution < 1.29 is 23.5 Å². The minimum absolute atomic E-state index is 0.246. The molecule has 0 radical (unpaired) electrons. The Balaban J connectivity index is 2.02. The number of para-hydroxylation sites is 1. The fraction of sp³-hybridized carbons (Fsp3) is 0.318. The molecule has 30 heavy (non-hydrogen) atoms. The highest BCUT2D eigenvalue weighted by Gasteiger charge is 2.29. The Bertz CT molecular complexity index is 907. The predicted octanol–water partition coefficient (Wildman–Crippen LogP) is 3.29. The van der Waals surface area contributed by atoms with Crippen molar-refractivity contribution in [1.29, 1.82) is 0 Å². The third kappa shape index (κ3) is 6.30. The molecule has 2 aromatic carbocycles. The van der Waals surface area contributed by atoms with Crippen molar-refractivity contribution in [3.8, 4) is 0 Å². The van der Waals surface area contributed by atoms with Crippen molar-refractivity contribution in [2.45, 2.75) is 26.3 Å². The summed E-state index contributed by atoms with van der Waals surface area (Å²) in [5, 5.41) is 5.51. The number of hydrogen-bond donors (Lipinski definition) is 2. The summed E-state index contributed by atoms with van der Waals surface area (Å²) >= 11 is 0. The van der Waals surface area contributed by atoms with Gasteiger partial charge in [-0.1, -0.05) is 12.1 Å². The highest BCUT2D eigenvalue weighted by Crippen LogP contribution is 2.17. The molecule has 8 heteroatoms. The van der Waals surface area contributed by atoms with E-state index >= 15 is 0 Å². The number of carbonyl (C=O) groups excluding carboxylic acids is 3. The number of ether oxygens (including phenoxy) is 1. The number of rotatable bonds is 7. The lowest BCUT2D eigenvalue weighted by Gasteiger charge is -2.35. The van der Waals surface area contributed by atoms with Crippen LogP contribution in [0.3, 0.4) is 0 Å². The third-order valence-electron chi connectivity index (χ3n) is 4.28. The average molecular weight is 415 g/mol. The highest BCUT2D eigenvalue weighted by atomic mass is 19.1. The summed E-state index contributed by atoms with van der Waals surface area (Å²) in [6.07, 6.45) is 0. The van der Waals surface area contributed by atoms with Gasteiger partial charge in [-0.25, -0.2) is 9.18 Å². The molecule has 0 atom stereocenters. The lowest BCUT2D eigenvalue weighted by Crippen LogP contribution is -2.50. The molecular formula is C22H26FN3O4. The maximum atomic E-state index is 13.0. The quantitative estimate of drug-likeness (QED) is 0.678. The van der Waals surface area contributed by atoms with Crippen LogP contribution in [0, 0.1) is 5.82 Å². The molecule has 0 saturated carbocycles. The van der Waals surface area contributed by atoms with Crippen molar-refractivity contribution in [3.05, 3.63) is 59.9 Å². The van der Waals surface area contributed by atoms with Gasteiger partial charge in [0.15, 0.2) is 6.61 Å². The Labute approximate surface area is 175 Å². The van der Waals surface area contributed by atoms with Crippen LogP contribution < -0.4 is 10.6 Å². The molecule has 0 aliphatic carbocycles. The molecule has 2 aromatic rings. The van der Waals surface area contributed by atoms with E-state index in [1.165, 1.54) is 29.2 Å². The lowest BCUT2D eigenvalue weighted by atomic mass is 10.1. The molecule has 0 spiro atoms. The van der Waals surface area contributed by atoms with Crippen LogP contribution in [0.15, 0.2) is 48.5 Å². The van der Waals surface area contributed by atoms with E-state index in [0.29, 0.717) is 16.9 Å². The second-order valence-corrected chi connectivity index (χ2v) is 7.58. The van der Waals surface area contributed by atoms with Crippen LogP contribution in [0.1, 0.15) is 31.1 Å². The zero-order valence-electron chi connectivity index (χ0n) is 17.5. The standard InChI is InChI=1S/C22H26FN3O4/c1-22(2,3)26(13-19(27)25-16-11-9-15(23)10-12-16)20(28)14-30-21(29)17-7-5-6-8-18(17)24-4/h5-12,24H,13-14H2,1-4H3,(H,25,27). The molecule has 2 rings (SSSR count). The first kappa shape index (κ1) is 22.9. The van der Waals surface area contributed by atoms with Crippen LogP contribution in [-0.2, 0) is 14.3 Å². The number of nitrogens with zero attached hydrogens (tertiary/aromatic N) is 1. The van der Waals surface area contributed by atoms with E-state index in [-0.39, 0.29) is 6.54 Å². The zero-order valence-corrected chi connectivity index (χ0v) is 17.5. The number of esters is 1. The molecule has 0 fully saturated rings.